The summed E-state index contributed by atoms with van der Waals surface area (Å²) in [6, 6.07) is 10.9. The Balaban J connectivity index is 1.50. The van der Waals surface area contributed by atoms with E-state index in [1.165, 1.54) is 37.5 Å². The third-order valence-corrected chi connectivity index (χ3v) is 4.96. The fourth-order valence-corrected chi connectivity index (χ4v) is 3.37. The molecule has 0 atom stereocenters. The highest BCUT2D eigenvalue weighted by atomic mass is 16.2. The molecule has 0 radical (unpaired) electrons. The van der Waals surface area contributed by atoms with Gasteiger partial charge in [0.25, 0.3) is 5.91 Å². The summed E-state index contributed by atoms with van der Waals surface area (Å²) < 4.78 is 0. The van der Waals surface area contributed by atoms with E-state index in [1.807, 2.05) is 31.2 Å². The van der Waals surface area contributed by atoms with E-state index >= 15 is 0 Å². The van der Waals surface area contributed by atoms with E-state index < -0.39 is 0 Å². The number of carbonyl (C=O) groups excluding carboxylic acids is 2. The van der Waals surface area contributed by atoms with Crippen LogP contribution in [0.4, 0.5) is 5.69 Å². The molecule has 1 heterocycles. The number of hydrogen-bond donors (Lipinski definition) is 2. The topological polar surface area (TPSA) is 71.1 Å². The minimum atomic E-state index is -0.159. The van der Waals surface area contributed by atoms with Crippen LogP contribution >= 0.6 is 0 Å². The Morgan fingerprint density at radius 1 is 1.15 bits per heavy atom. The van der Waals surface area contributed by atoms with Gasteiger partial charge in [0.05, 0.1) is 5.56 Å². The van der Waals surface area contributed by atoms with Crippen molar-refractivity contribution in [2.75, 3.05) is 5.32 Å². The number of allylic oxidation sites excluding steroid dienone is 1. The van der Waals surface area contributed by atoms with Gasteiger partial charge in [-0.15, -0.1) is 0 Å². The largest absolute Gasteiger partial charge is 0.348 e. The van der Waals surface area contributed by atoms with E-state index in [-0.39, 0.29) is 11.8 Å². The molecule has 1 aliphatic rings. The van der Waals surface area contributed by atoms with Crippen molar-refractivity contribution in [2.24, 2.45) is 5.92 Å². The second-order valence-corrected chi connectivity index (χ2v) is 6.98. The molecule has 0 unspecified atom stereocenters. The normalized spacial score (nSPS) is 14.8. The molecule has 1 fully saturated rings. The van der Waals surface area contributed by atoms with Crippen LogP contribution < -0.4 is 10.6 Å². The summed E-state index contributed by atoms with van der Waals surface area (Å²) in [5, 5.41) is 5.76. The van der Waals surface area contributed by atoms with Crippen molar-refractivity contribution in [2.45, 2.75) is 39.2 Å². The Morgan fingerprint density at radius 3 is 2.56 bits per heavy atom. The van der Waals surface area contributed by atoms with Crippen LogP contribution in [0.2, 0.25) is 0 Å². The van der Waals surface area contributed by atoms with Gasteiger partial charge in [-0.2, -0.15) is 0 Å². The molecule has 0 spiro atoms. The summed E-state index contributed by atoms with van der Waals surface area (Å²) in [5.74, 6) is 0.312. The molecule has 0 bridgehead atoms. The highest BCUT2D eigenvalue weighted by Gasteiger charge is 2.17. The van der Waals surface area contributed by atoms with Gasteiger partial charge in [-0.3, -0.25) is 14.6 Å². The van der Waals surface area contributed by atoms with Gasteiger partial charge in [-0.1, -0.05) is 30.5 Å². The molecule has 0 saturated heterocycles. The number of pyridine rings is 1. The number of anilines is 1. The summed E-state index contributed by atoms with van der Waals surface area (Å²) in [6.45, 7) is 2.46. The zero-order valence-electron chi connectivity index (χ0n) is 15.6. The van der Waals surface area contributed by atoms with Crippen LogP contribution in [-0.2, 0) is 11.3 Å². The highest BCUT2D eigenvalue weighted by Crippen LogP contribution is 2.30. The zero-order chi connectivity index (χ0) is 19.1. The van der Waals surface area contributed by atoms with Gasteiger partial charge in [-0.05, 0) is 55.5 Å². The molecular formula is C22H25N3O2. The molecule has 1 aliphatic carbocycles. The minimum Gasteiger partial charge on any atom is -0.348 e. The molecule has 1 saturated carbocycles. The summed E-state index contributed by atoms with van der Waals surface area (Å²) in [7, 11) is 0. The Labute approximate surface area is 159 Å². The first kappa shape index (κ1) is 18.8. The van der Waals surface area contributed by atoms with Crippen LogP contribution in [-0.4, -0.2) is 16.8 Å². The summed E-state index contributed by atoms with van der Waals surface area (Å²) in [6.07, 6.45) is 9.79. The van der Waals surface area contributed by atoms with Gasteiger partial charge >= 0.3 is 0 Å². The average molecular weight is 363 g/mol. The van der Waals surface area contributed by atoms with Crippen LogP contribution in [0, 0.1) is 5.92 Å². The lowest BCUT2D eigenvalue weighted by atomic mass is 9.99. The molecule has 3 rings (SSSR count). The molecule has 2 aromatic rings. The standard InChI is InChI=1S/C22H25N3O2/c1-16(18-5-2-3-6-18)13-21(26)25-20-10-8-17(9-11-20)14-24-22(27)19-7-4-12-23-15-19/h4,7-13,15,18H,2-3,5-6,14H2,1H3,(H,24,27)(H,25,26)/b16-13+. The van der Waals surface area contributed by atoms with E-state index in [0.29, 0.717) is 18.0 Å². The number of amides is 2. The summed E-state index contributed by atoms with van der Waals surface area (Å²) >= 11 is 0. The Bertz CT molecular complexity index is 807. The molecule has 0 aliphatic heterocycles. The maximum atomic E-state index is 12.2. The maximum absolute atomic E-state index is 12.2. The number of aromatic nitrogens is 1. The first-order valence-corrected chi connectivity index (χ1v) is 9.38. The van der Waals surface area contributed by atoms with Crippen LogP contribution in [0.5, 0.6) is 0 Å². The van der Waals surface area contributed by atoms with Crippen molar-refractivity contribution in [3.8, 4) is 0 Å². The molecule has 5 nitrogen and oxygen atoms in total. The van der Waals surface area contributed by atoms with Crippen molar-refractivity contribution < 1.29 is 9.59 Å². The number of nitrogens with one attached hydrogen (secondary N) is 2. The van der Waals surface area contributed by atoms with Gasteiger partial charge in [0, 0.05) is 30.7 Å². The van der Waals surface area contributed by atoms with Gasteiger partial charge in [0.15, 0.2) is 0 Å². The Kier molecular flexibility index (Phi) is 6.36. The lowest BCUT2D eigenvalue weighted by Gasteiger charge is -2.10. The first-order valence-electron chi connectivity index (χ1n) is 9.38. The average Bonchev–Trinajstić information content (AvgIpc) is 3.23. The molecule has 1 aromatic heterocycles. The van der Waals surface area contributed by atoms with Crippen LogP contribution in [0.1, 0.15) is 48.5 Å². The SMILES string of the molecule is C/C(=C\C(=O)Nc1ccc(CNC(=O)c2cccnc2)cc1)C1CCCC1. The van der Waals surface area contributed by atoms with Gasteiger partial charge in [0.1, 0.15) is 0 Å². The third kappa shape index (κ3) is 5.51. The number of rotatable bonds is 6. The van der Waals surface area contributed by atoms with E-state index in [4.69, 9.17) is 0 Å². The fourth-order valence-electron chi connectivity index (χ4n) is 3.37. The quantitative estimate of drug-likeness (QED) is 0.760. The lowest BCUT2D eigenvalue weighted by Crippen LogP contribution is -2.22. The predicted octanol–water partition coefficient (Wildman–Crippen LogP) is 4.09. The number of hydrogen-bond acceptors (Lipinski definition) is 3. The number of carbonyl (C=O) groups is 2. The molecule has 27 heavy (non-hydrogen) atoms. The smallest absolute Gasteiger partial charge is 0.253 e. The van der Waals surface area contributed by atoms with Crippen LogP contribution in [0.3, 0.4) is 0 Å². The van der Waals surface area contributed by atoms with Crippen molar-refractivity contribution >= 4 is 17.5 Å². The van der Waals surface area contributed by atoms with Gasteiger partial charge < -0.3 is 10.6 Å². The van der Waals surface area contributed by atoms with Crippen molar-refractivity contribution in [1.29, 1.82) is 0 Å². The monoisotopic (exact) mass is 363 g/mol. The van der Waals surface area contributed by atoms with Crippen LogP contribution in [0.25, 0.3) is 0 Å². The molecule has 140 valence electrons. The lowest BCUT2D eigenvalue weighted by molar-refractivity contribution is -0.112. The predicted molar refractivity (Wildman–Crippen MR) is 106 cm³/mol. The number of benzene rings is 1. The minimum absolute atomic E-state index is 0.0861. The summed E-state index contributed by atoms with van der Waals surface area (Å²) in [5.41, 5.74) is 3.41. The van der Waals surface area contributed by atoms with E-state index in [1.54, 1.807) is 24.4 Å². The zero-order valence-corrected chi connectivity index (χ0v) is 15.6. The maximum Gasteiger partial charge on any atom is 0.253 e. The van der Waals surface area contributed by atoms with E-state index in [9.17, 15) is 9.59 Å². The summed E-state index contributed by atoms with van der Waals surface area (Å²) in [4.78, 5) is 28.2. The van der Waals surface area contributed by atoms with Gasteiger partial charge in [0.2, 0.25) is 5.91 Å². The van der Waals surface area contributed by atoms with Gasteiger partial charge in [-0.25, -0.2) is 0 Å². The second-order valence-electron chi connectivity index (χ2n) is 6.98. The van der Waals surface area contributed by atoms with E-state index in [2.05, 4.69) is 15.6 Å². The highest BCUT2D eigenvalue weighted by molar-refractivity contribution is 5.99. The molecule has 2 amide bonds. The molecule has 2 N–H and O–H groups in total. The number of nitrogens with zero attached hydrogens (tertiary/aromatic N) is 1. The van der Waals surface area contributed by atoms with Crippen molar-refractivity contribution in [3.05, 3.63) is 71.6 Å². The van der Waals surface area contributed by atoms with Crippen molar-refractivity contribution in [3.63, 3.8) is 0 Å². The first-order chi connectivity index (χ1) is 13.1. The van der Waals surface area contributed by atoms with E-state index in [0.717, 1.165) is 11.3 Å². The molecule has 1 aromatic carbocycles. The fraction of sp³-hybridized carbons (Fsp3) is 0.318. The van der Waals surface area contributed by atoms with Crippen molar-refractivity contribution in [1.82, 2.24) is 10.3 Å². The second kappa shape index (κ2) is 9.12. The Hall–Kier alpha value is -2.95. The Morgan fingerprint density at radius 2 is 1.89 bits per heavy atom. The molecule has 5 heteroatoms. The third-order valence-electron chi connectivity index (χ3n) is 4.96. The van der Waals surface area contributed by atoms with Crippen LogP contribution in [0.15, 0.2) is 60.4 Å². The molecular weight excluding hydrogens is 338 g/mol.